The van der Waals surface area contributed by atoms with Crippen LogP contribution in [0.2, 0.25) is 0 Å². The summed E-state index contributed by atoms with van der Waals surface area (Å²) in [5, 5.41) is 3.48. The topological polar surface area (TPSA) is 66.5 Å². The van der Waals surface area contributed by atoms with Gasteiger partial charge < -0.3 is 5.32 Å². The second-order valence-corrected chi connectivity index (χ2v) is 7.81. The normalized spacial score (nSPS) is 25.3. The Morgan fingerprint density at radius 2 is 1.95 bits per heavy atom. The molecule has 0 aromatic heterocycles. The van der Waals surface area contributed by atoms with Crippen LogP contribution in [0.3, 0.4) is 0 Å². The molecule has 2 fully saturated rings. The maximum atomic E-state index is 12.8. The maximum Gasteiger partial charge on any atom is 0.243 e. The molecule has 2 unspecified atom stereocenters. The van der Waals surface area contributed by atoms with E-state index in [4.69, 9.17) is 0 Å². The smallest absolute Gasteiger partial charge is 0.243 e. The molecule has 1 aromatic carbocycles. The SMILES string of the molecule is CC(=O)c1cccc(S(=O)(=O)N2CCC3CCC(C2)N3)c1.Cl. The molecule has 0 radical (unpaired) electrons. The van der Waals surface area contributed by atoms with Gasteiger partial charge in [0.25, 0.3) is 0 Å². The Morgan fingerprint density at radius 1 is 1.23 bits per heavy atom. The fourth-order valence-electron chi connectivity index (χ4n) is 3.15. The number of Topliss-reactive ketones (excluding diaryl/α,β-unsaturated/α-hetero) is 1. The molecule has 0 aliphatic carbocycles. The zero-order chi connectivity index (χ0) is 15.0. The van der Waals surface area contributed by atoms with Crippen LogP contribution in [-0.2, 0) is 10.0 Å². The monoisotopic (exact) mass is 344 g/mol. The van der Waals surface area contributed by atoms with Crippen molar-refractivity contribution in [3.05, 3.63) is 29.8 Å². The number of ketones is 1. The summed E-state index contributed by atoms with van der Waals surface area (Å²) in [6, 6.07) is 7.02. The minimum Gasteiger partial charge on any atom is -0.310 e. The second kappa shape index (κ2) is 6.66. The Labute approximate surface area is 137 Å². The molecule has 2 saturated heterocycles. The average molecular weight is 345 g/mol. The van der Waals surface area contributed by atoms with Gasteiger partial charge in [0, 0.05) is 30.7 Å². The summed E-state index contributed by atoms with van der Waals surface area (Å²) in [4.78, 5) is 11.7. The van der Waals surface area contributed by atoms with E-state index in [0.29, 0.717) is 24.7 Å². The molecule has 2 atom stereocenters. The van der Waals surface area contributed by atoms with Crippen LogP contribution in [0.25, 0.3) is 0 Å². The Kier molecular flexibility index (Phi) is 5.27. The lowest BCUT2D eigenvalue weighted by atomic mass is 10.1. The zero-order valence-electron chi connectivity index (χ0n) is 12.5. The molecule has 2 heterocycles. The summed E-state index contributed by atoms with van der Waals surface area (Å²) >= 11 is 0. The summed E-state index contributed by atoms with van der Waals surface area (Å²) in [6.45, 7) is 2.50. The van der Waals surface area contributed by atoms with Crippen molar-refractivity contribution < 1.29 is 13.2 Å². The van der Waals surface area contributed by atoms with Gasteiger partial charge in [0.15, 0.2) is 5.78 Å². The van der Waals surface area contributed by atoms with Gasteiger partial charge in [-0.3, -0.25) is 4.79 Å². The molecule has 1 aromatic rings. The number of rotatable bonds is 3. The van der Waals surface area contributed by atoms with Crippen molar-refractivity contribution in [1.82, 2.24) is 9.62 Å². The molecule has 2 aliphatic rings. The molecule has 3 rings (SSSR count). The van der Waals surface area contributed by atoms with E-state index in [1.807, 2.05) is 0 Å². The molecule has 0 amide bonds. The van der Waals surface area contributed by atoms with Gasteiger partial charge in [-0.25, -0.2) is 8.42 Å². The highest BCUT2D eigenvalue weighted by molar-refractivity contribution is 7.89. The van der Waals surface area contributed by atoms with Crippen LogP contribution in [0.15, 0.2) is 29.2 Å². The predicted molar refractivity (Wildman–Crippen MR) is 87.0 cm³/mol. The third kappa shape index (κ3) is 3.35. The van der Waals surface area contributed by atoms with Crippen LogP contribution >= 0.6 is 12.4 Å². The van der Waals surface area contributed by atoms with Crippen LogP contribution in [-0.4, -0.2) is 43.7 Å². The van der Waals surface area contributed by atoms with Gasteiger partial charge >= 0.3 is 0 Å². The van der Waals surface area contributed by atoms with Gasteiger partial charge in [-0.1, -0.05) is 12.1 Å². The molecule has 122 valence electrons. The van der Waals surface area contributed by atoms with Gasteiger partial charge in [-0.05, 0) is 38.3 Å². The summed E-state index contributed by atoms with van der Waals surface area (Å²) in [5.41, 5.74) is 0.436. The van der Waals surface area contributed by atoms with E-state index in [1.54, 1.807) is 22.5 Å². The highest BCUT2D eigenvalue weighted by Crippen LogP contribution is 2.25. The van der Waals surface area contributed by atoms with Gasteiger partial charge in [-0.15, -0.1) is 12.4 Å². The fraction of sp³-hybridized carbons (Fsp3) is 0.533. The van der Waals surface area contributed by atoms with Crippen molar-refractivity contribution in [3.8, 4) is 0 Å². The number of carbonyl (C=O) groups excluding carboxylic acids is 1. The predicted octanol–water partition coefficient (Wildman–Crippen LogP) is 1.83. The lowest BCUT2D eigenvalue weighted by molar-refractivity contribution is 0.101. The van der Waals surface area contributed by atoms with E-state index in [1.165, 1.54) is 13.0 Å². The summed E-state index contributed by atoms with van der Waals surface area (Å²) in [5.74, 6) is -0.122. The number of nitrogens with zero attached hydrogens (tertiary/aromatic N) is 1. The number of hydrogen-bond acceptors (Lipinski definition) is 4. The standard InChI is InChI=1S/C15H20N2O3S.ClH/c1-11(18)12-3-2-4-15(9-12)21(19,20)17-8-7-13-5-6-14(10-17)16-13;/h2-4,9,13-14,16H,5-8,10H2,1H3;1H. The van der Waals surface area contributed by atoms with Crippen molar-refractivity contribution in [3.63, 3.8) is 0 Å². The number of halogens is 1. The highest BCUT2D eigenvalue weighted by atomic mass is 35.5. The van der Waals surface area contributed by atoms with E-state index in [-0.39, 0.29) is 29.1 Å². The van der Waals surface area contributed by atoms with E-state index in [9.17, 15) is 13.2 Å². The molecule has 5 nitrogen and oxygen atoms in total. The number of hydrogen-bond donors (Lipinski definition) is 1. The molecular formula is C15H21ClN2O3S. The first-order chi connectivity index (χ1) is 9.96. The Morgan fingerprint density at radius 3 is 2.68 bits per heavy atom. The highest BCUT2D eigenvalue weighted by Gasteiger charge is 2.34. The molecule has 0 spiro atoms. The van der Waals surface area contributed by atoms with E-state index in [2.05, 4.69) is 5.32 Å². The molecule has 0 saturated carbocycles. The van der Waals surface area contributed by atoms with Crippen molar-refractivity contribution in [2.24, 2.45) is 0 Å². The molecule has 1 N–H and O–H groups in total. The summed E-state index contributed by atoms with van der Waals surface area (Å²) < 4.78 is 27.1. The summed E-state index contributed by atoms with van der Waals surface area (Å²) in [6.07, 6.45) is 3.02. The number of fused-ring (bicyclic) bond motifs is 2. The molecular weight excluding hydrogens is 324 g/mol. The van der Waals surface area contributed by atoms with E-state index >= 15 is 0 Å². The minimum atomic E-state index is -3.52. The molecule has 7 heteroatoms. The first kappa shape index (κ1) is 17.4. The van der Waals surface area contributed by atoms with E-state index in [0.717, 1.165) is 19.3 Å². The lowest BCUT2D eigenvalue weighted by Gasteiger charge is -2.23. The quantitative estimate of drug-likeness (QED) is 0.849. The number of carbonyl (C=O) groups is 1. The second-order valence-electron chi connectivity index (χ2n) is 5.87. The minimum absolute atomic E-state index is 0. The van der Waals surface area contributed by atoms with Crippen LogP contribution in [0.4, 0.5) is 0 Å². The third-order valence-electron chi connectivity index (χ3n) is 4.36. The van der Waals surface area contributed by atoms with Crippen LogP contribution < -0.4 is 5.32 Å². The maximum absolute atomic E-state index is 12.8. The Balaban J connectivity index is 0.00000176. The van der Waals surface area contributed by atoms with Gasteiger partial charge in [-0.2, -0.15) is 4.31 Å². The van der Waals surface area contributed by atoms with E-state index < -0.39 is 10.0 Å². The third-order valence-corrected chi connectivity index (χ3v) is 6.23. The number of nitrogens with one attached hydrogen (secondary N) is 1. The van der Waals surface area contributed by atoms with Gasteiger partial charge in [0.05, 0.1) is 4.90 Å². The number of sulfonamides is 1. The first-order valence-electron chi connectivity index (χ1n) is 7.34. The fourth-order valence-corrected chi connectivity index (χ4v) is 4.70. The molecule has 2 aliphatic heterocycles. The van der Waals surface area contributed by atoms with Gasteiger partial charge in [0.1, 0.15) is 0 Å². The number of benzene rings is 1. The first-order valence-corrected chi connectivity index (χ1v) is 8.78. The Hall–Kier alpha value is -0.950. The zero-order valence-corrected chi connectivity index (χ0v) is 14.1. The van der Waals surface area contributed by atoms with Crippen molar-refractivity contribution in [1.29, 1.82) is 0 Å². The van der Waals surface area contributed by atoms with Crippen molar-refractivity contribution in [2.75, 3.05) is 13.1 Å². The lowest BCUT2D eigenvalue weighted by Crippen LogP contribution is -2.39. The average Bonchev–Trinajstić information content (AvgIpc) is 2.77. The van der Waals surface area contributed by atoms with Gasteiger partial charge in [0.2, 0.25) is 10.0 Å². The van der Waals surface area contributed by atoms with Crippen LogP contribution in [0.1, 0.15) is 36.5 Å². The van der Waals surface area contributed by atoms with Crippen LogP contribution in [0, 0.1) is 0 Å². The van der Waals surface area contributed by atoms with Crippen LogP contribution in [0.5, 0.6) is 0 Å². The Bertz CT molecular complexity index is 663. The molecule has 2 bridgehead atoms. The van der Waals surface area contributed by atoms with Crippen molar-refractivity contribution >= 4 is 28.2 Å². The largest absolute Gasteiger partial charge is 0.310 e. The van der Waals surface area contributed by atoms with Crippen molar-refractivity contribution in [2.45, 2.75) is 43.2 Å². The molecule has 22 heavy (non-hydrogen) atoms. The summed E-state index contributed by atoms with van der Waals surface area (Å²) in [7, 11) is -3.52.